The van der Waals surface area contributed by atoms with Crippen LogP contribution in [-0.2, 0) is 17.9 Å². The zero-order valence-electron chi connectivity index (χ0n) is 19.1. The van der Waals surface area contributed by atoms with Crippen LogP contribution in [0, 0.1) is 0 Å². The van der Waals surface area contributed by atoms with Crippen molar-refractivity contribution in [2.45, 2.75) is 38.9 Å². The van der Waals surface area contributed by atoms with Gasteiger partial charge in [0, 0.05) is 18.2 Å². The van der Waals surface area contributed by atoms with Gasteiger partial charge in [-0.1, -0.05) is 30.3 Å². The van der Waals surface area contributed by atoms with Gasteiger partial charge in [-0.25, -0.2) is 9.98 Å². The number of carbonyl (C=O) groups excluding carboxylic acids is 1. The summed E-state index contributed by atoms with van der Waals surface area (Å²) in [5.41, 5.74) is 2.72. The molecule has 0 radical (unpaired) electrons. The van der Waals surface area contributed by atoms with Crippen molar-refractivity contribution in [2.75, 3.05) is 13.2 Å². The first-order chi connectivity index (χ1) is 16.2. The van der Waals surface area contributed by atoms with Gasteiger partial charge in [0.1, 0.15) is 12.0 Å². The Morgan fingerprint density at radius 3 is 2.74 bits per heavy atom. The summed E-state index contributed by atoms with van der Waals surface area (Å²) in [5, 5.41) is 9.44. The fraction of sp³-hybridized carbons (Fsp3) is 0.320. The molecular formula is C25H30IN5O3. The monoisotopic (exact) mass is 575 g/mol. The van der Waals surface area contributed by atoms with Crippen LogP contribution in [0.4, 0.5) is 0 Å². The molecule has 1 saturated carbocycles. The van der Waals surface area contributed by atoms with E-state index in [0.717, 1.165) is 36.2 Å². The number of halogens is 1. The Hall–Kier alpha value is -3.08. The second kappa shape index (κ2) is 13.0. The number of hydrogen-bond donors (Lipinski definition) is 3. The first-order valence-electron chi connectivity index (χ1n) is 11.2. The van der Waals surface area contributed by atoms with Crippen LogP contribution in [0.3, 0.4) is 0 Å². The van der Waals surface area contributed by atoms with Crippen molar-refractivity contribution in [1.29, 1.82) is 0 Å². The molecule has 8 nitrogen and oxygen atoms in total. The van der Waals surface area contributed by atoms with Gasteiger partial charge in [-0.2, -0.15) is 0 Å². The van der Waals surface area contributed by atoms with Crippen molar-refractivity contribution in [2.24, 2.45) is 4.99 Å². The van der Waals surface area contributed by atoms with Gasteiger partial charge in [-0.3, -0.25) is 4.79 Å². The Kier molecular flexibility index (Phi) is 9.75. The SMILES string of the molecule is CCNC(=NCc1cccc(OCC(=O)NC2CC2)c1)NCc1coc(-c2ccccc2)n1.I. The van der Waals surface area contributed by atoms with E-state index < -0.39 is 0 Å². The topological polar surface area (TPSA) is 101 Å². The van der Waals surface area contributed by atoms with E-state index in [1.54, 1.807) is 6.26 Å². The van der Waals surface area contributed by atoms with Gasteiger partial charge in [-0.15, -0.1) is 24.0 Å². The molecule has 2 aromatic carbocycles. The minimum absolute atomic E-state index is 0. The molecule has 0 aliphatic heterocycles. The number of aliphatic imine (C=N–C) groups is 1. The minimum Gasteiger partial charge on any atom is -0.484 e. The number of nitrogens with one attached hydrogen (secondary N) is 3. The molecule has 0 atom stereocenters. The molecule has 1 aliphatic carbocycles. The van der Waals surface area contributed by atoms with Gasteiger partial charge < -0.3 is 25.1 Å². The van der Waals surface area contributed by atoms with Gasteiger partial charge in [0.2, 0.25) is 5.89 Å². The normalized spacial score (nSPS) is 13.0. The van der Waals surface area contributed by atoms with E-state index >= 15 is 0 Å². The number of carbonyl (C=O) groups is 1. The van der Waals surface area contributed by atoms with Crippen LogP contribution in [-0.4, -0.2) is 36.0 Å². The lowest BCUT2D eigenvalue weighted by atomic mass is 10.2. The average molecular weight is 575 g/mol. The predicted octanol–water partition coefficient (Wildman–Crippen LogP) is 3.87. The highest BCUT2D eigenvalue weighted by atomic mass is 127. The highest BCUT2D eigenvalue weighted by Gasteiger charge is 2.23. The van der Waals surface area contributed by atoms with Crippen molar-refractivity contribution in [3.05, 3.63) is 72.1 Å². The Bertz CT molecular complexity index is 1080. The summed E-state index contributed by atoms with van der Waals surface area (Å²) in [6.45, 7) is 3.73. The van der Waals surface area contributed by atoms with Gasteiger partial charge in [0.15, 0.2) is 12.6 Å². The van der Waals surface area contributed by atoms with Crippen molar-refractivity contribution >= 4 is 35.8 Å². The molecular weight excluding hydrogens is 545 g/mol. The lowest BCUT2D eigenvalue weighted by Crippen LogP contribution is -2.36. The molecule has 180 valence electrons. The first kappa shape index (κ1) is 25.5. The maximum absolute atomic E-state index is 11.8. The van der Waals surface area contributed by atoms with Crippen LogP contribution in [0.2, 0.25) is 0 Å². The zero-order valence-corrected chi connectivity index (χ0v) is 21.5. The number of ether oxygens (including phenoxy) is 1. The Morgan fingerprint density at radius 2 is 1.97 bits per heavy atom. The fourth-order valence-electron chi connectivity index (χ4n) is 3.17. The molecule has 1 amide bonds. The number of hydrogen-bond acceptors (Lipinski definition) is 5. The molecule has 1 aliphatic rings. The Morgan fingerprint density at radius 1 is 1.15 bits per heavy atom. The molecule has 0 saturated heterocycles. The third kappa shape index (κ3) is 8.05. The zero-order chi connectivity index (χ0) is 22.9. The highest BCUT2D eigenvalue weighted by Crippen LogP contribution is 2.19. The summed E-state index contributed by atoms with van der Waals surface area (Å²) in [7, 11) is 0. The number of aromatic nitrogens is 1. The summed E-state index contributed by atoms with van der Waals surface area (Å²) >= 11 is 0. The third-order valence-corrected chi connectivity index (χ3v) is 4.98. The molecule has 9 heteroatoms. The van der Waals surface area contributed by atoms with E-state index in [4.69, 9.17) is 9.15 Å². The standard InChI is InChI=1S/C25H29N5O3.HI/c1-2-26-25(28-15-21-16-33-24(30-21)19-8-4-3-5-9-19)27-14-18-7-6-10-22(13-18)32-17-23(31)29-20-11-12-20;/h3-10,13,16,20H,2,11-12,14-15,17H2,1H3,(H,29,31)(H2,26,27,28);1H. The molecule has 4 rings (SSSR count). The van der Waals surface area contributed by atoms with Crippen LogP contribution < -0.4 is 20.7 Å². The van der Waals surface area contributed by atoms with E-state index in [-0.39, 0.29) is 36.5 Å². The maximum Gasteiger partial charge on any atom is 0.258 e. The molecule has 0 spiro atoms. The van der Waals surface area contributed by atoms with Crippen LogP contribution in [0.1, 0.15) is 31.0 Å². The summed E-state index contributed by atoms with van der Waals surface area (Å²) in [6.07, 6.45) is 3.78. The Labute approximate surface area is 216 Å². The summed E-state index contributed by atoms with van der Waals surface area (Å²) in [5.74, 6) is 1.85. The number of amides is 1. The first-order valence-corrected chi connectivity index (χ1v) is 11.2. The molecule has 0 bridgehead atoms. The summed E-state index contributed by atoms with van der Waals surface area (Å²) in [6, 6.07) is 17.8. The second-order valence-corrected chi connectivity index (χ2v) is 7.84. The van der Waals surface area contributed by atoms with Crippen molar-refractivity contribution < 1.29 is 13.9 Å². The molecule has 0 unspecified atom stereocenters. The highest BCUT2D eigenvalue weighted by molar-refractivity contribution is 14.0. The summed E-state index contributed by atoms with van der Waals surface area (Å²) < 4.78 is 11.2. The van der Waals surface area contributed by atoms with Crippen LogP contribution in [0.5, 0.6) is 5.75 Å². The molecule has 1 fully saturated rings. The quantitative estimate of drug-likeness (QED) is 0.193. The van der Waals surface area contributed by atoms with Gasteiger partial charge >= 0.3 is 0 Å². The van der Waals surface area contributed by atoms with E-state index in [1.807, 2.05) is 61.5 Å². The summed E-state index contributed by atoms with van der Waals surface area (Å²) in [4.78, 5) is 21.0. The van der Waals surface area contributed by atoms with E-state index in [1.165, 1.54) is 0 Å². The lowest BCUT2D eigenvalue weighted by Gasteiger charge is -2.11. The van der Waals surface area contributed by atoms with Gasteiger partial charge in [-0.05, 0) is 49.6 Å². The number of oxazole rings is 1. The van der Waals surface area contributed by atoms with E-state index in [2.05, 4.69) is 25.9 Å². The lowest BCUT2D eigenvalue weighted by molar-refractivity contribution is -0.123. The second-order valence-electron chi connectivity index (χ2n) is 7.84. The van der Waals surface area contributed by atoms with Crippen molar-refractivity contribution in [3.8, 4) is 17.2 Å². The van der Waals surface area contributed by atoms with E-state index in [0.29, 0.717) is 36.7 Å². The van der Waals surface area contributed by atoms with Gasteiger partial charge in [0.25, 0.3) is 5.91 Å². The van der Waals surface area contributed by atoms with Crippen molar-refractivity contribution in [3.63, 3.8) is 0 Å². The molecule has 3 aromatic rings. The molecule has 1 heterocycles. The Balaban J connectivity index is 0.00000324. The van der Waals surface area contributed by atoms with Crippen molar-refractivity contribution in [1.82, 2.24) is 20.9 Å². The maximum atomic E-state index is 11.8. The van der Waals surface area contributed by atoms with Gasteiger partial charge in [0.05, 0.1) is 18.8 Å². The smallest absolute Gasteiger partial charge is 0.258 e. The molecule has 34 heavy (non-hydrogen) atoms. The number of benzene rings is 2. The van der Waals surface area contributed by atoms with Crippen LogP contribution in [0.25, 0.3) is 11.5 Å². The number of nitrogens with zero attached hydrogens (tertiary/aromatic N) is 2. The third-order valence-electron chi connectivity index (χ3n) is 4.98. The van der Waals surface area contributed by atoms with Crippen LogP contribution >= 0.6 is 24.0 Å². The number of rotatable bonds is 10. The number of guanidine groups is 1. The minimum atomic E-state index is -0.0807. The van der Waals surface area contributed by atoms with Crippen LogP contribution in [0.15, 0.2) is 70.3 Å². The molecule has 3 N–H and O–H groups in total. The molecule has 1 aromatic heterocycles. The van der Waals surface area contributed by atoms with E-state index in [9.17, 15) is 4.79 Å². The predicted molar refractivity (Wildman–Crippen MR) is 142 cm³/mol. The fourth-order valence-corrected chi connectivity index (χ4v) is 3.17. The largest absolute Gasteiger partial charge is 0.484 e. The average Bonchev–Trinajstić information content (AvgIpc) is 3.53.